The summed E-state index contributed by atoms with van der Waals surface area (Å²) < 4.78 is 28.1. The van der Waals surface area contributed by atoms with Gasteiger partial charge in [0.05, 0.1) is 16.6 Å². The van der Waals surface area contributed by atoms with Gasteiger partial charge in [-0.1, -0.05) is 79.5 Å². The van der Waals surface area contributed by atoms with Crippen molar-refractivity contribution in [2.45, 2.75) is 31.2 Å². The van der Waals surface area contributed by atoms with Crippen LogP contribution in [0.3, 0.4) is 0 Å². The van der Waals surface area contributed by atoms with Crippen molar-refractivity contribution < 1.29 is 18.3 Å². The third kappa shape index (κ3) is 5.27. The van der Waals surface area contributed by atoms with Crippen LogP contribution in [0.2, 0.25) is 10.0 Å². The number of rotatable bonds is 8. The maximum absolute atomic E-state index is 13.4. The predicted molar refractivity (Wildman–Crippen MR) is 141 cm³/mol. The summed E-state index contributed by atoms with van der Waals surface area (Å²) in [5.74, 6) is -1.18. The van der Waals surface area contributed by atoms with Crippen LogP contribution in [0.25, 0.3) is 10.8 Å². The lowest BCUT2D eigenvalue weighted by atomic mass is 10.0. The number of fused-ring (bicyclic) bond motifs is 1. The molecule has 188 valence electrons. The number of hydrogen-bond donors (Lipinski definition) is 2. The second-order valence-electron chi connectivity index (χ2n) is 8.93. The molecule has 1 aromatic heterocycles. The molecular weight excluding hydrogens is 521 g/mol. The fourth-order valence-corrected chi connectivity index (χ4v) is 6.51. The first-order chi connectivity index (χ1) is 17.0. The SMILES string of the molecule is CC(C)C(c1nc(C(=O)O)c(Cc2ccc3ccccc3c2)[nH]1)N(C)S(=O)(=O)c1cc(Cl)cc(Cl)c1. The molecule has 0 fully saturated rings. The lowest BCUT2D eigenvalue weighted by Gasteiger charge is -2.29. The van der Waals surface area contributed by atoms with Crippen LogP contribution < -0.4 is 0 Å². The Morgan fingerprint density at radius 1 is 1.03 bits per heavy atom. The zero-order valence-electron chi connectivity index (χ0n) is 19.9. The topological polar surface area (TPSA) is 103 Å². The van der Waals surface area contributed by atoms with Gasteiger partial charge < -0.3 is 10.1 Å². The van der Waals surface area contributed by atoms with E-state index >= 15 is 0 Å². The molecule has 3 aromatic carbocycles. The van der Waals surface area contributed by atoms with Crippen molar-refractivity contribution in [2.75, 3.05) is 7.05 Å². The van der Waals surface area contributed by atoms with E-state index in [9.17, 15) is 18.3 Å². The summed E-state index contributed by atoms with van der Waals surface area (Å²) in [6.07, 6.45) is 0.296. The molecule has 0 aliphatic heterocycles. The number of imidazole rings is 1. The summed E-state index contributed by atoms with van der Waals surface area (Å²) in [6, 6.07) is 17.2. The van der Waals surface area contributed by atoms with E-state index < -0.39 is 22.0 Å². The van der Waals surface area contributed by atoms with Crippen molar-refractivity contribution >= 4 is 50.0 Å². The van der Waals surface area contributed by atoms with E-state index in [2.05, 4.69) is 9.97 Å². The van der Waals surface area contributed by atoms with Crippen LogP contribution in [0.5, 0.6) is 0 Å². The van der Waals surface area contributed by atoms with Gasteiger partial charge in [-0.25, -0.2) is 18.2 Å². The zero-order valence-corrected chi connectivity index (χ0v) is 22.2. The van der Waals surface area contributed by atoms with Crippen LogP contribution in [0.1, 0.15) is 47.5 Å². The minimum atomic E-state index is -4.03. The van der Waals surface area contributed by atoms with Gasteiger partial charge in [-0.2, -0.15) is 4.31 Å². The van der Waals surface area contributed by atoms with Gasteiger partial charge in [0.2, 0.25) is 10.0 Å². The van der Waals surface area contributed by atoms with E-state index in [1.807, 2.05) is 56.3 Å². The molecule has 1 heterocycles. The number of halogens is 2. The van der Waals surface area contributed by atoms with Crippen molar-refractivity contribution in [3.05, 3.63) is 93.5 Å². The van der Waals surface area contributed by atoms with Gasteiger partial charge in [-0.3, -0.25) is 0 Å². The third-order valence-electron chi connectivity index (χ3n) is 6.01. The molecule has 0 aliphatic rings. The van der Waals surface area contributed by atoms with Crippen molar-refractivity contribution in [2.24, 2.45) is 5.92 Å². The Hall–Kier alpha value is -2.91. The second-order valence-corrected chi connectivity index (χ2v) is 11.8. The highest BCUT2D eigenvalue weighted by Crippen LogP contribution is 2.33. The van der Waals surface area contributed by atoms with E-state index in [1.54, 1.807) is 0 Å². The standard InChI is InChI=1S/C26H25Cl2N3O4S/c1-15(2)24(31(3)36(34,35)21-13-19(27)12-20(28)14-21)25-29-22(23(30-25)26(32)33)11-16-8-9-17-6-4-5-7-18(17)10-16/h4-10,12-15,24H,11H2,1-3H3,(H,29,30)(H,32,33). The number of carboxylic acid groups (broad SMARTS) is 1. The molecular formula is C26H25Cl2N3O4S. The van der Waals surface area contributed by atoms with Crippen molar-refractivity contribution in [3.8, 4) is 0 Å². The highest BCUT2D eigenvalue weighted by atomic mass is 35.5. The molecule has 0 spiro atoms. The smallest absolute Gasteiger partial charge is 0.356 e. The van der Waals surface area contributed by atoms with Crippen LogP contribution in [-0.4, -0.2) is 40.8 Å². The molecule has 0 amide bonds. The Labute approximate surface area is 219 Å². The lowest BCUT2D eigenvalue weighted by Crippen LogP contribution is -2.35. The first-order valence-corrected chi connectivity index (χ1v) is 13.4. The van der Waals surface area contributed by atoms with E-state index in [-0.39, 0.29) is 32.4 Å². The Bertz CT molecular complexity index is 1530. The molecule has 1 unspecified atom stereocenters. The summed E-state index contributed by atoms with van der Waals surface area (Å²) >= 11 is 12.1. The van der Waals surface area contributed by atoms with Gasteiger partial charge in [-0.05, 0) is 40.5 Å². The molecule has 0 saturated heterocycles. The van der Waals surface area contributed by atoms with E-state index in [1.165, 1.54) is 29.6 Å². The number of nitrogens with zero attached hydrogens (tertiary/aromatic N) is 2. The molecule has 4 rings (SSSR count). The van der Waals surface area contributed by atoms with Gasteiger partial charge in [0.15, 0.2) is 5.69 Å². The summed E-state index contributed by atoms with van der Waals surface area (Å²) in [5.41, 5.74) is 1.16. The fourth-order valence-electron chi connectivity index (χ4n) is 4.33. The highest BCUT2D eigenvalue weighted by molar-refractivity contribution is 7.89. The summed E-state index contributed by atoms with van der Waals surface area (Å²) in [5, 5.41) is 12.4. The molecule has 0 saturated carbocycles. The molecule has 10 heteroatoms. The summed E-state index contributed by atoms with van der Waals surface area (Å²) in [7, 11) is -2.60. The normalized spacial score (nSPS) is 13.0. The number of H-pyrrole nitrogens is 1. The fraction of sp³-hybridized carbons (Fsp3) is 0.231. The van der Waals surface area contributed by atoms with Crippen LogP contribution in [0, 0.1) is 5.92 Å². The first kappa shape index (κ1) is 26.2. The van der Waals surface area contributed by atoms with Crippen molar-refractivity contribution in [1.29, 1.82) is 0 Å². The van der Waals surface area contributed by atoms with Crippen LogP contribution >= 0.6 is 23.2 Å². The zero-order chi connectivity index (χ0) is 26.2. The number of carbonyl (C=O) groups is 1. The molecule has 0 aliphatic carbocycles. The van der Waals surface area contributed by atoms with Gasteiger partial charge in [0.25, 0.3) is 0 Å². The predicted octanol–water partition coefficient (Wildman–Crippen LogP) is 6.18. The molecule has 1 atom stereocenters. The number of carboxylic acids is 1. The van der Waals surface area contributed by atoms with E-state index in [0.717, 1.165) is 16.3 Å². The second kappa shape index (κ2) is 10.2. The Morgan fingerprint density at radius 2 is 1.67 bits per heavy atom. The molecule has 7 nitrogen and oxygen atoms in total. The van der Waals surface area contributed by atoms with Crippen LogP contribution in [0.15, 0.2) is 65.6 Å². The Morgan fingerprint density at radius 3 is 2.28 bits per heavy atom. The number of aromatic carboxylic acids is 1. The van der Waals surface area contributed by atoms with Gasteiger partial charge in [0.1, 0.15) is 5.82 Å². The first-order valence-electron chi connectivity index (χ1n) is 11.2. The number of hydrogen-bond acceptors (Lipinski definition) is 4. The van der Waals surface area contributed by atoms with Gasteiger partial charge >= 0.3 is 5.97 Å². The Balaban J connectivity index is 1.73. The maximum atomic E-state index is 13.4. The molecule has 36 heavy (non-hydrogen) atoms. The molecule has 0 bridgehead atoms. The minimum Gasteiger partial charge on any atom is -0.476 e. The number of aromatic nitrogens is 2. The molecule has 2 N–H and O–H groups in total. The van der Waals surface area contributed by atoms with Crippen LogP contribution in [-0.2, 0) is 16.4 Å². The minimum absolute atomic E-state index is 0.0606. The Kier molecular flexibility index (Phi) is 7.43. The number of benzene rings is 3. The van der Waals surface area contributed by atoms with E-state index in [0.29, 0.717) is 12.1 Å². The average Bonchev–Trinajstić information content (AvgIpc) is 3.21. The molecule has 0 radical (unpaired) electrons. The van der Waals surface area contributed by atoms with Crippen molar-refractivity contribution in [3.63, 3.8) is 0 Å². The highest BCUT2D eigenvalue weighted by Gasteiger charge is 2.35. The monoisotopic (exact) mass is 545 g/mol. The van der Waals surface area contributed by atoms with Crippen molar-refractivity contribution in [1.82, 2.24) is 14.3 Å². The summed E-state index contributed by atoms with van der Waals surface area (Å²) in [6.45, 7) is 3.68. The van der Waals surface area contributed by atoms with Gasteiger partial charge in [-0.15, -0.1) is 0 Å². The number of sulfonamides is 1. The lowest BCUT2D eigenvalue weighted by molar-refractivity contribution is 0.0689. The summed E-state index contributed by atoms with van der Waals surface area (Å²) in [4.78, 5) is 19.4. The third-order valence-corrected chi connectivity index (χ3v) is 8.26. The quantitative estimate of drug-likeness (QED) is 0.275. The number of aromatic amines is 1. The number of nitrogens with one attached hydrogen (secondary N) is 1. The largest absolute Gasteiger partial charge is 0.476 e. The van der Waals surface area contributed by atoms with E-state index in [4.69, 9.17) is 23.2 Å². The molecule has 4 aromatic rings. The maximum Gasteiger partial charge on any atom is 0.356 e. The average molecular weight is 546 g/mol. The van der Waals surface area contributed by atoms with Gasteiger partial charge in [0, 0.05) is 23.5 Å². The van der Waals surface area contributed by atoms with Crippen LogP contribution in [0.4, 0.5) is 0 Å².